The molecule has 0 radical (unpaired) electrons. The van der Waals surface area contributed by atoms with Crippen molar-refractivity contribution in [2.24, 2.45) is 7.05 Å². The number of aromatic amines is 1. The maximum Gasteiger partial charge on any atom is 0.313 e. The average Bonchev–Trinajstić information content (AvgIpc) is 3.15. The standard InChI is InChI=1S/C13H18N5O13P3/c1-3-32(22,23)30-34(26,27)31-33(24,25)28-4-6-8(19)9(20)12(29-6)18-5-17(2)7-10(18)15-13(14)16-11(7)21/h1,5-6,8-9,12,19-20H,4H2,2H3,(H5-,14,15,16,21,22,23,24,25,26,27)/p-2/t6-,8?,9+,12-/m1/s1. The fourth-order valence-electron chi connectivity index (χ4n) is 3.03. The molecule has 2 aromatic rings. The van der Waals surface area contributed by atoms with Crippen molar-refractivity contribution in [1.29, 1.82) is 0 Å². The summed E-state index contributed by atoms with van der Waals surface area (Å²) in [7, 11) is -15.7. The quantitative estimate of drug-likeness (QED) is 0.140. The number of aliphatic hydroxyl groups excluding tert-OH is 2. The molecule has 0 aromatic carbocycles. The summed E-state index contributed by atoms with van der Waals surface area (Å²) in [5, 5.41) is 20.6. The largest absolute Gasteiger partial charge is 0.768 e. The van der Waals surface area contributed by atoms with E-state index in [0.29, 0.717) is 0 Å². The molecule has 1 aliphatic rings. The van der Waals surface area contributed by atoms with Crippen LogP contribution >= 0.6 is 23.2 Å². The molecule has 5 N–H and O–H groups in total. The Morgan fingerprint density at radius 1 is 1.29 bits per heavy atom. The van der Waals surface area contributed by atoms with Gasteiger partial charge in [-0.15, -0.1) is 6.42 Å². The summed E-state index contributed by atoms with van der Waals surface area (Å²) in [6, 6.07) is 0. The van der Waals surface area contributed by atoms with Crippen LogP contribution in [0.2, 0.25) is 0 Å². The number of nitrogens with two attached hydrogens (primary N) is 1. The molecule has 34 heavy (non-hydrogen) atoms. The fourth-order valence-corrected chi connectivity index (χ4v) is 6.16. The van der Waals surface area contributed by atoms with Crippen molar-refractivity contribution in [2.45, 2.75) is 24.5 Å². The number of H-pyrrole nitrogens is 1. The Balaban J connectivity index is 1.75. The highest BCUT2D eigenvalue weighted by Gasteiger charge is 2.47. The van der Waals surface area contributed by atoms with Crippen LogP contribution in [0.4, 0.5) is 5.95 Å². The van der Waals surface area contributed by atoms with Gasteiger partial charge in [0.15, 0.2) is 6.33 Å². The van der Waals surface area contributed by atoms with Gasteiger partial charge in [-0.3, -0.25) is 32.4 Å². The number of nitrogens with one attached hydrogen (secondary N) is 1. The number of ether oxygens (including phenoxy) is 1. The summed E-state index contributed by atoms with van der Waals surface area (Å²) in [6.45, 7) is -1.08. The van der Waals surface area contributed by atoms with E-state index in [-0.39, 0.29) is 17.1 Å². The number of nitrogens with zero attached hydrogens (tertiary/aromatic N) is 3. The summed E-state index contributed by atoms with van der Waals surface area (Å²) in [6.07, 6.45) is -0.657. The third kappa shape index (κ3) is 5.64. The molecular formula is C13H16N5O13P3-2. The van der Waals surface area contributed by atoms with E-state index >= 15 is 0 Å². The van der Waals surface area contributed by atoms with E-state index in [1.54, 1.807) is 0 Å². The zero-order valence-electron chi connectivity index (χ0n) is 16.8. The van der Waals surface area contributed by atoms with Gasteiger partial charge in [0.25, 0.3) is 27.2 Å². The Hall–Kier alpha value is -1.96. The van der Waals surface area contributed by atoms with Gasteiger partial charge < -0.3 is 39.9 Å². The number of hydrogen-bond acceptors (Lipinski definition) is 15. The van der Waals surface area contributed by atoms with E-state index in [9.17, 15) is 43.4 Å². The number of aryl methyl sites for hydroxylation is 1. The van der Waals surface area contributed by atoms with Gasteiger partial charge in [0.2, 0.25) is 19.3 Å². The van der Waals surface area contributed by atoms with E-state index in [1.807, 2.05) is 0 Å². The van der Waals surface area contributed by atoms with E-state index < -0.39 is 59.9 Å². The first-order valence-corrected chi connectivity index (χ1v) is 13.3. The van der Waals surface area contributed by atoms with Gasteiger partial charge in [-0.25, -0.2) is 8.88 Å². The van der Waals surface area contributed by atoms with Gasteiger partial charge in [-0.2, -0.15) is 0 Å². The van der Waals surface area contributed by atoms with Gasteiger partial charge in [-0.05, 0) is 5.66 Å². The number of phosphoric acid groups is 2. The summed E-state index contributed by atoms with van der Waals surface area (Å²) in [4.78, 5) is 52.6. The van der Waals surface area contributed by atoms with E-state index in [0.717, 1.165) is 10.2 Å². The predicted molar refractivity (Wildman–Crippen MR) is 102 cm³/mol. The third-order valence-electron chi connectivity index (χ3n) is 4.36. The lowest BCUT2D eigenvalue weighted by Crippen LogP contribution is -2.46. The monoisotopic (exact) mass is 543 g/mol. The minimum atomic E-state index is -6.02. The van der Waals surface area contributed by atoms with Crippen molar-refractivity contribution in [2.75, 3.05) is 12.3 Å². The van der Waals surface area contributed by atoms with Crippen LogP contribution < -0.4 is 30.5 Å². The number of terminal acetylenes is 1. The molecule has 0 bridgehead atoms. The maximum absolute atomic E-state index is 12.1. The molecule has 0 aliphatic carbocycles. The minimum absolute atomic E-state index is 0.0329. The molecular weight excluding hydrogens is 527 g/mol. The normalized spacial score (nSPS) is 28.1. The highest BCUT2D eigenvalue weighted by Crippen LogP contribution is 2.62. The third-order valence-corrected chi connectivity index (χ3v) is 8.41. The maximum atomic E-state index is 12.1. The number of aliphatic hydroxyl groups is 2. The van der Waals surface area contributed by atoms with Crippen molar-refractivity contribution in [3.05, 3.63) is 16.7 Å². The number of imidazole rings is 1. The van der Waals surface area contributed by atoms with Gasteiger partial charge >= 0.3 is 5.65 Å². The summed E-state index contributed by atoms with van der Waals surface area (Å²) < 4.78 is 53.5. The SMILES string of the molecule is C#CP(=O)([O-])OP(=O)([O-])OP(=O)([O-])OC[C@H]1O[C@@H]([n+]2cn(C)c3c(=O)[nH]c(N)nc32)[C@@H](O)C1O. The molecule has 1 saturated heterocycles. The molecule has 0 spiro atoms. The minimum Gasteiger partial charge on any atom is -0.768 e. The van der Waals surface area contributed by atoms with Crippen molar-refractivity contribution < 1.29 is 61.0 Å². The van der Waals surface area contributed by atoms with Crippen molar-refractivity contribution in [3.63, 3.8) is 0 Å². The van der Waals surface area contributed by atoms with Crippen LogP contribution in [-0.2, 0) is 38.6 Å². The molecule has 3 rings (SSSR count). The van der Waals surface area contributed by atoms with Crippen molar-refractivity contribution in [1.82, 2.24) is 14.5 Å². The lowest BCUT2D eigenvalue weighted by atomic mass is 10.1. The lowest BCUT2D eigenvalue weighted by Gasteiger charge is -2.33. The number of phosphoric ester groups is 1. The van der Waals surface area contributed by atoms with E-state index in [4.69, 9.17) is 10.5 Å². The van der Waals surface area contributed by atoms with Crippen LogP contribution in [-0.4, -0.2) is 49.7 Å². The Labute approximate surface area is 189 Å². The molecule has 0 amide bonds. The molecule has 188 valence electrons. The average molecular weight is 543 g/mol. The number of nitrogen functional groups attached to an aromatic ring is 1. The van der Waals surface area contributed by atoms with Crippen molar-refractivity contribution >= 4 is 40.4 Å². The molecule has 4 unspecified atom stereocenters. The smallest absolute Gasteiger partial charge is 0.313 e. The number of hydrogen-bond donors (Lipinski definition) is 4. The number of aromatic nitrogens is 4. The second-order valence-corrected chi connectivity index (χ2v) is 11.4. The van der Waals surface area contributed by atoms with Crippen LogP contribution in [0.5, 0.6) is 0 Å². The second-order valence-electron chi connectivity index (χ2n) is 6.78. The molecule has 1 fully saturated rings. The second kappa shape index (κ2) is 9.25. The van der Waals surface area contributed by atoms with Gasteiger partial charge in [0, 0.05) is 0 Å². The Morgan fingerprint density at radius 3 is 2.56 bits per heavy atom. The highest BCUT2D eigenvalue weighted by molar-refractivity contribution is 7.69. The van der Waals surface area contributed by atoms with Gasteiger partial charge in [-0.1, -0.05) is 4.98 Å². The molecule has 18 nitrogen and oxygen atoms in total. The van der Waals surface area contributed by atoms with Crippen LogP contribution in [0, 0.1) is 12.1 Å². The van der Waals surface area contributed by atoms with Crippen molar-refractivity contribution in [3.8, 4) is 12.1 Å². The lowest BCUT2D eigenvalue weighted by molar-refractivity contribution is -0.745. The topological polar surface area (TPSA) is 278 Å². The van der Waals surface area contributed by atoms with Gasteiger partial charge in [0.1, 0.15) is 18.3 Å². The highest BCUT2D eigenvalue weighted by atomic mass is 31.3. The molecule has 2 aromatic heterocycles. The van der Waals surface area contributed by atoms with E-state index in [2.05, 4.69) is 29.5 Å². The Bertz CT molecular complexity index is 1350. The summed E-state index contributed by atoms with van der Waals surface area (Å²) in [5.74, 6) is -0.258. The zero-order chi connectivity index (χ0) is 25.6. The Morgan fingerprint density at radius 2 is 1.94 bits per heavy atom. The first-order chi connectivity index (χ1) is 15.6. The number of fused-ring (bicyclic) bond motifs is 1. The van der Waals surface area contributed by atoms with Gasteiger partial charge in [0.05, 0.1) is 13.7 Å². The molecule has 0 saturated carbocycles. The van der Waals surface area contributed by atoms with Crippen LogP contribution in [0.15, 0.2) is 11.1 Å². The van der Waals surface area contributed by atoms with Crippen LogP contribution in [0.1, 0.15) is 6.23 Å². The Kier molecular flexibility index (Phi) is 7.25. The molecule has 1 aliphatic heterocycles. The number of anilines is 1. The van der Waals surface area contributed by atoms with Crippen LogP contribution in [0.3, 0.4) is 0 Å². The molecule has 21 heteroatoms. The predicted octanol–water partition coefficient (Wildman–Crippen LogP) is -4.12. The molecule has 3 heterocycles. The fraction of sp³-hybridized carbons (Fsp3) is 0.462. The zero-order valence-corrected chi connectivity index (χ0v) is 19.5. The van der Waals surface area contributed by atoms with Crippen LogP contribution in [0.25, 0.3) is 11.2 Å². The van der Waals surface area contributed by atoms with E-state index in [1.165, 1.54) is 17.9 Å². The first-order valence-electron chi connectivity index (χ1n) is 8.81. The molecule has 7 atom stereocenters. The number of rotatable bonds is 8. The summed E-state index contributed by atoms with van der Waals surface area (Å²) in [5.41, 5.74) is 5.90. The first kappa shape index (κ1) is 26.6. The summed E-state index contributed by atoms with van der Waals surface area (Å²) >= 11 is 0.